The average molecular weight is 297 g/mol. The highest BCUT2D eigenvalue weighted by molar-refractivity contribution is 5.94. The Morgan fingerprint density at radius 3 is 2.33 bits per heavy atom. The van der Waals surface area contributed by atoms with Gasteiger partial charge in [0.1, 0.15) is 13.1 Å². The van der Waals surface area contributed by atoms with Gasteiger partial charge in [0.25, 0.3) is 0 Å². The van der Waals surface area contributed by atoms with E-state index in [0.717, 1.165) is 0 Å². The molecule has 0 bridgehead atoms. The Kier molecular flexibility index (Phi) is 4.44. The van der Waals surface area contributed by atoms with Crippen molar-refractivity contribution in [2.45, 2.75) is 12.8 Å². The van der Waals surface area contributed by atoms with Gasteiger partial charge in [-0.25, -0.2) is 0 Å². The van der Waals surface area contributed by atoms with Crippen LogP contribution >= 0.6 is 0 Å². The number of carboxylic acid groups (broad SMARTS) is 1. The molecule has 0 unspecified atom stereocenters. The van der Waals surface area contributed by atoms with Gasteiger partial charge < -0.3 is 19.8 Å². The van der Waals surface area contributed by atoms with Gasteiger partial charge >= 0.3 is 5.97 Å². The Bertz CT molecular complexity index is 470. The second-order valence-electron chi connectivity index (χ2n) is 5.49. The number of likely N-dealkylation sites (N-methyl/N-ethyl adjacent to an activating group) is 1. The molecule has 2 rings (SSSR count). The number of carbonyl (C=O) groups is 4. The molecule has 1 N–H and O–H groups in total. The van der Waals surface area contributed by atoms with Crippen molar-refractivity contribution in [3.63, 3.8) is 0 Å². The molecule has 116 valence electrons. The molecule has 8 nitrogen and oxygen atoms in total. The number of piperidine rings is 1. The number of carboxylic acids is 1. The molecule has 0 aromatic carbocycles. The number of carbonyl (C=O) groups excluding carboxylic acids is 3. The second-order valence-corrected chi connectivity index (χ2v) is 5.49. The number of hydrogen-bond acceptors (Lipinski definition) is 4. The predicted molar refractivity (Wildman–Crippen MR) is 71.2 cm³/mol. The van der Waals surface area contributed by atoms with Crippen LogP contribution in [0.1, 0.15) is 12.8 Å². The smallest absolute Gasteiger partial charge is 0.306 e. The van der Waals surface area contributed by atoms with Crippen molar-refractivity contribution in [1.82, 2.24) is 14.7 Å². The largest absolute Gasteiger partial charge is 0.481 e. The molecule has 0 aromatic rings. The monoisotopic (exact) mass is 297 g/mol. The third kappa shape index (κ3) is 3.50. The third-order valence-electron chi connectivity index (χ3n) is 4.00. The standard InChI is InChI=1S/C13H19N3O5/c1-14-6-11(18)16(7-10(14)17)8-12(19)15-4-2-9(3-5-15)13(20)21/h9H,2-8H2,1H3,(H,20,21). The number of amides is 3. The van der Waals surface area contributed by atoms with Gasteiger partial charge in [0.2, 0.25) is 17.7 Å². The number of piperazine rings is 1. The Balaban J connectivity index is 1.86. The first-order chi connectivity index (χ1) is 9.88. The zero-order valence-corrected chi connectivity index (χ0v) is 11.9. The number of nitrogens with zero attached hydrogens (tertiary/aromatic N) is 3. The summed E-state index contributed by atoms with van der Waals surface area (Å²) in [5.41, 5.74) is 0. The molecular weight excluding hydrogens is 278 g/mol. The number of aliphatic carboxylic acids is 1. The molecule has 0 aromatic heterocycles. The van der Waals surface area contributed by atoms with Gasteiger partial charge in [0, 0.05) is 20.1 Å². The van der Waals surface area contributed by atoms with E-state index in [1.54, 1.807) is 11.9 Å². The van der Waals surface area contributed by atoms with Crippen molar-refractivity contribution in [3.8, 4) is 0 Å². The average Bonchev–Trinajstić information content (AvgIpc) is 2.44. The molecule has 2 aliphatic heterocycles. The van der Waals surface area contributed by atoms with Gasteiger partial charge in [-0.1, -0.05) is 0 Å². The highest BCUT2D eigenvalue weighted by atomic mass is 16.4. The maximum absolute atomic E-state index is 12.1. The Labute approximate surface area is 122 Å². The fourth-order valence-electron chi connectivity index (χ4n) is 2.55. The van der Waals surface area contributed by atoms with E-state index < -0.39 is 11.9 Å². The summed E-state index contributed by atoms with van der Waals surface area (Å²) in [5, 5.41) is 8.91. The minimum Gasteiger partial charge on any atom is -0.481 e. The van der Waals surface area contributed by atoms with Gasteiger partial charge in [0.15, 0.2) is 0 Å². The lowest BCUT2D eigenvalue weighted by molar-refractivity contribution is -0.152. The first-order valence-corrected chi connectivity index (χ1v) is 6.91. The summed E-state index contributed by atoms with van der Waals surface area (Å²) >= 11 is 0. The minimum absolute atomic E-state index is 0.00674. The van der Waals surface area contributed by atoms with Crippen LogP contribution in [0.25, 0.3) is 0 Å². The molecule has 21 heavy (non-hydrogen) atoms. The number of likely N-dealkylation sites (tertiary alicyclic amines) is 1. The molecule has 2 fully saturated rings. The molecule has 0 atom stereocenters. The maximum Gasteiger partial charge on any atom is 0.306 e. The molecule has 8 heteroatoms. The van der Waals surface area contributed by atoms with Crippen LogP contribution in [0.15, 0.2) is 0 Å². The van der Waals surface area contributed by atoms with E-state index in [1.165, 1.54) is 9.80 Å². The summed E-state index contributed by atoms with van der Waals surface area (Å²) < 4.78 is 0. The molecule has 2 heterocycles. The van der Waals surface area contributed by atoms with E-state index >= 15 is 0 Å². The van der Waals surface area contributed by atoms with Gasteiger partial charge in [0.05, 0.1) is 12.5 Å². The summed E-state index contributed by atoms with van der Waals surface area (Å²) in [6, 6.07) is 0. The van der Waals surface area contributed by atoms with E-state index in [0.29, 0.717) is 25.9 Å². The molecule has 0 spiro atoms. The van der Waals surface area contributed by atoms with Crippen LogP contribution in [-0.2, 0) is 19.2 Å². The van der Waals surface area contributed by atoms with E-state index in [9.17, 15) is 19.2 Å². The van der Waals surface area contributed by atoms with Crippen molar-refractivity contribution in [2.24, 2.45) is 5.92 Å². The van der Waals surface area contributed by atoms with Crippen molar-refractivity contribution < 1.29 is 24.3 Å². The van der Waals surface area contributed by atoms with Crippen LogP contribution in [-0.4, -0.2) is 83.3 Å². The summed E-state index contributed by atoms with van der Waals surface area (Å²) in [6.07, 6.45) is 0.855. The second kappa shape index (κ2) is 6.11. The zero-order valence-electron chi connectivity index (χ0n) is 11.9. The summed E-state index contributed by atoms with van der Waals surface area (Å²) in [6.45, 7) is 0.563. The van der Waals surface area contributed by atoms with Gasteiger partial charge in [-0.15, -0.1) is 0 Å². The van der Waals surface area contributed by atoms with E-state index in [4.69, 9.17) is 5.11 Å². The molecular formula is C13H19N3O5. The SMILES string of the molecule is CN1CC(=O)N(CC(=O)N2CCC(C(=O)O)CC2)CC1=O. The van der Waals surface area contributed by atoms with Crippen molar-refractivity contribution in [3.05, 3.63) is 0 Å². The summed E-state index contributed by atoms with van der Waals surface area (Å²) in [7, 11) is 1.55. The van der Waals surface area contributed by atoms with Crippen LogP contribution in [0.2, 0.25) is 0 Å². The van der Waals surface area contributed by atoms with Crippen LogP contribution in [0.4, 0.5) is 0 Å². The van der Waals surface area contributed by atoms with Crippen LogP contribution in [0.3, 0.4) is 0 Å². The Hall–Kier alpha value is -2.12. The number of hydrogen-bond donors (Lipinski definition) is 1. The van der Waals surface area contributed by atoms with Crippen LogP contribution in [0.5, 0.6) is 0 Å². The topological polar surface area (TPSA) is 98.2 Å². The van der Waals surface area contributed by atoms with E-state index in [2.05, 4.69) is 0 Å². The fraction of sp³-hybridized carbons (Fsp3) is 0.692. The Morgan fingerprint density at radius 1 is 1.14 bits per heavy atom. The molecule has 2 saturated heterocycles. The normalized spacial score (nSPS) is 20.9. The fourth-order valence-corrected chi connectivity index (χ4v) is 2.55. The lowest BCUT2D eigenvalue weighted by Crippen LogP contribution is -2.55. The highest BCUT2D eigenvalue weighted by Crippen LogP contribution is 2.17. The highest BCUT2D eigenvalue weighted by Gasteiger charge is 2.32. The van der Waals surface area contributed by atoms with Crippen molar-refractivity contribution >= 4 is 23.7 Å². The maximum atomic E-state index is 12.1. The van der Waals surface area contributed by atoms with Crippen LogP contribution in [0, 0.1) is 5.92 Å². The zero-order chi connectivity index (χ0) is 15.6. The molecule has 2 aliphatic rings. The third-order valence-corrected chi connectivity index (χ3v) is 4.00. The van der Waals surface area contributed by atoms with E-state index in [-0.39, 0.29) is 37.4 Å². The Morgan fingerprint density at radius 2 is 1.76 bits per heavy atom. The molecule has 0 aliphatic carbocycles. The molecule has 0 radical (unpaired) electrons. The van der Waals surface area contributed by atoms with E-state index in [1.807, 2.05) is 0 Å². The lowest BCUT2D eigenvalue weighted by Gasteiger charge is -2.34. The van der Waals surface area contributed by atoms with Gasteiger partial charge in [-0.2, -0.15) is 0 Å². The van der Waals surface area contributed by atoms with Crippen LogP contribution < -0.4 is 0 Å². The molecule has 3 amide bonds. The van der Waals surface area contributed by atoms with Gasteiger partial charge in [-0.3, -0.25) is 19.2 Å². The summed E-state index contributed by atoms with van der Waals surface area (Å²) in [5.74, 6) is -1.90. The lowest BCUT2D eigenvalue weighted by atomic mass is 9.97. The first kappa shape index (κ1) is 15.3. The van der Waals surface area contributed by atoms with Gasteiger partial charge in [-0.05, 0) is 12.8 Å². The minimum atomic E-state index is -0.832. The number of rotatable bonds is 3. The quantitative estimate of drug-likeness (QED) is 0.691. The van der Waals surface area contributed by atoms with Crippen molar-refractivity contribution in [1.29, 1.82) is 0 Å². The molecule has 0 saturated carbocycles. The summed E-state index contributed by atoms with van der Waals surface area (Å²) in [4.78, 5) is 50.5. The predicted octanol–water partition coefficient (Wildman–Crippen LogP) is -1.39. The van der Waals surface area contributed by atoms with Crippen molar-refractivity contribution in [2.75, 3.05) is 39.8 Å². The first-order valence-electron chi connectivity index (χ1n) is 6.91.